The molecular weight excluding hydrogens is 290 g/mol. The van der Waals surface area contributed by atoms with Gasteiger partial charge in [0.1, 0.15) is 0 Å². The molecule has 4 nitrogen and oxygen atoms in total. The molecule has 1 aliphatic carbocycles. The van der Waals surface area contributed by atoms with Crippen LogP contribution in [0.1, 0.15) is 33.6 Å². The molecule has 118 valence electrons. The quantitative estimate of drug-likeness (QED) is 0.834. The monoisotopic (exact) mass is 312 g/mol. The predicted octanol–water partition coefficient (Wildman–Crippen LogP) is 1.73. The van der Waals surface area contributed by atoms with E-state index in [1.54, 1.807) is 7.11 Å². The standard InChI is InChI=1S/C13H22F2N2O2.ClH/c1-11(2)9(6-12(11,3)19-4)17-10(18)8-5-13(14,15)7-16-8;/h8-9,16H,5-7H2,1-4H3,(H,17,18);1H. The number of carbonyl (C=O) groups excluding carboxylic acids is 1. The van der Waals surface area contributed by atoms with E-state index in [2.05, 4.69) is 10.6 Å². The van der Waals surface area contributed by atoms with Gasteiger partial charge >= 0.3 is 0 Å². The van der Waals surface area contributed by atoms with E-state index in [0.29, 0.717) is 6.42 Å². The van der Waals surface area contributed by atoms with E-state index >= 15 is 0 Å². The van der Waals surface area contributed by atoms with Crippen molar-refractivity contribution in [3.8, 4) is 0 Å². The number of hydrogen-bond donors (Lipinski definition) is 2. The topological polar surface area (TPSA) is 50.4 Å². The number of halogens is 3. The number of rotatable bonds is 3. The van der Waals surface area contributed by atoms with Crippen molar-refractivity contribution in [3.05, 3.63) is 0 Å². The Balaban J connectivity index is 0.00000200. The molecule has 2 rings (SSSR count). The third-order valence-corrected chi connectivity index (χ3v) is 5.02. The van der Waals surface area contributed by atoms with E-state index < -0.39 is 24.9 Å². The Bertz CT molecular complexity index is 393. The summed E-state index contributed by atoms with van der Waals surface area (Å²) in [6.07, 6.45) is 0.277. The van der Waals surface area contributed by atoms with Crippen LogP contribution in [0.2, 0.25) is 0 Å². The molecule has 0 bridgehead atoms. The number of ether oxygens (including phenoxy) is 1. The normalized spacial score (nSPS) is 37.7. The Morgan fingerprint density at radius 1 is 1.30 bits per heavy atom. The number of carbonyl (C=O) groups is 1. The Morgan fingerprint density at radius 3 is 2.30 bits per heavy atom. The van der Waals surface area contributed by atoms with Gasteiger partial charge in [0.05, 0.1) is 18.2 Å². The number of hydrogen-bond acceptors (Lipinski definition) is 3. The molecule has 0 aromatic rings. The molecule has 1 saturated heterocycles. The maximum Gasteiger partial charge on any atom is 0.262 e. The summed E-state index contributed by atoms with van der Waals surface area (Å²) >= 11 is 0. The van der Waals surface area contributed by atoms with E-state index in [4.69, 9.17) is 4.74 Å². The fourth-order valence-corrected chi connectivity index (χ4v) is 2.90. The fourth-order valence-electron chi connectivity index (χ4n) is 2.90. The molecule has 2 aliphatic rings. The highest BCUT2D eigenvalue weighted by Gasteiger charge is 2.58. The molecule has 7 heteroatoms. The fraction of sp³-hybridized carbons (Fsp3) is 0.923. The molecule has 0 aromatic carbocycles. The van der Waals surface area contributed by atoms with Crippen LogP contribution >= 0.6 is 12.4 Å². The Labute approximate surface area is 124 Å². The van der Waals surface area contributed by atoms with E-state index in [-0.39, 0.29) is 35.4 Å². The van der Waals surface area contributed by atoms with Gasteiger partial charge in [-0.25, -0.2) is 8.78 Å². The van der Waals surface area contributed by atoms with Crippen molar-refractivity contribution >= 4 is 18.3 Å². The van der Waals surface area contributed by atoms with Gasteiger partial charge in [0, 0.05) is 25.0 Å². The van der Waals surface area contributed by atoms with Crippen molar-refractivity contribution < 1.29 is 18.3 Å². The highest BCUT2D eigenvalue weighted by molar-refractivity contribution is 5.85. The molecule has 0 aromatic heterocycles. The molecular formula is C13H23ClF2N2O2. The van der Waals surface area contributed by atoms with Crippen LogP contribution < -0.4 is 10.6 Å². The highest BCUT2D eigenvalue weighted by Crippen LogP contribution is 2.51. The maximum atomic E-state index is 13.1. The predicted molar refractivity (Wildman–Crippen MR) is 74.3 cm³/mol. The first-order valence-corrected chi connectivity index (χ1v) is 6.58. The SMILES string of the molecule is COC1(C)CC(NC(=O)C2CC(F)(F)CN2)C1(C)C.Cl. The molecule has 3 atom stereocenters. The zero-order valence-corrected chi connectivity index (χ0v) is 13.1. The molecule has 2 fully saturated rings. The van der Waals surface area contributed by atoms with E-state index in [1.165, 1.54) is 0 Å². The second-order valence-corrected chi connectivity index (χ2v) is 6.42. The van der Waals surface area contributed by atoms with Crippen LogP contribution in [0.4, 0.5) is 8.78 Å². The smallest absolute Gasteiger partial charge is 0.262 e. The lowest BCUT2D eigenvalue weighted by Gasteiger charge is -2.59. The summed E-state index contributed by atoms with van der Waals surface area (Å²) < 4.78 is 31.6. The lowest BCUT2D eigenvalue weighted by Crippen LogP contribution is -2.69. The van der Waals surface area contributed by atoms with E-state index in [1.807, 2.05) is 20.8 Å². The largest absolute Gasteiger partial charge is 0.378 e. The van der Waals surface area contributed by atoms with E-state index in [0.717, 1.165) is 0 Å². The minimum atomic E-state index is -2.78. The molecule has 3 unspecified atom stereocenters. The molecule has 1 aliphatic heterocycles. The van der Waals surface area contributed by atoms with Gasteiger partial charge in [0.2, 0.25) is 5.91 Å². The Kier molecular flexibility index (Phi) is 4.74. The molecule has 0 radical (unpaired) electrons. The van der Waals surface area contributed by atoms with Gasteiger partial charge in [-0.1, -0.05) is 13.8 Å². The number of nitrogens with one attached hydrogen (secondary N) is 2. The molecule has 1 amide bonds. The lowest BCUT2D eigenvalue weighted by atomic mass is 9.56. The summed E-state index contributed by atoms with van der Waals surface area (Å²) in [6, 6.07) is -0.832. The molecule has 20 heavy (non-hydrogen) atoms. The van der Waals surface area contributed by atoms with Crippen LogP contribution in [0.5, 0.6) is 0 Å². The van der Waals surface area contributed by atoms with Crippen LogP contribution in [0.15, 0.2) is 0 Å². The minimum Gasteiger partial charge on any atom is -0.378 e. The summed E-state index contributed by atoms with van der Waals surface area (Å²) in [7, 11) is 1.65. The van der Waals surface area contributed by atoms with Crippen molar-refractivity contribution in [1.29, 1.82) is 0 Å². The van der Waals surface area contributed by atoms with E-state index in [9.17, 15) is 13.6 Å². The first-order valence-electron chi connectivity index (χ1n) is 6.58. The summed E-state index contributed by atoms with van der Waals surface area (Å²) in [5.74, 6) is -3.12. The average Bonchev–Trinajstić information content (AvgIpc) is 2.68. The van der Waals surface area contributed by atoms with Gasteiger partial charge in [0.25, 0.3) is 5.92 Å². The first-order chi connectivity index (χ1) is 8.61. The Hall–Kier alpha value is -0.460. The van der Waals surface area contributed by atoms with Gasteiger partial charge in [-0.3, -0.25) is 10.1 Å². The second-order valence-electron chi connectivity index (χ2n) is 6.42. The molecule has 1 heterocycles. The van der Waals surface area contributed by atoms with Crippen LogP contribution in [-0.2, 0) is 9.53 Å². The lowest BCUT2D eigenvalue weighted by molar-refractivity contribution is -0.182. The molecule has 1 saturated carbocycles. The summed E-state index contributed by atoms with van der Waals surface area (Å²) in [6.45, 7) is 5.61. The number of alkyl halides is 2. The van der Waals surface area contributed by atoms with Gasteiger partial charge in [0.15, 0.2) is 0 Å². The third kappa shape index (κ3) is 2.78. The van der Waals surface area contributed by atoms with Crippen molar-refractivity contribution in [2.45, 2.75) is 57.2 Å². The second kappa shape index (κ2) is 5.39. The summed E-state index contributed by atoms with van der Waals surface area (Å²) in [5.41, 5.74) is -0.490. The first kappa shape index (κ1) is 17.6. The molecule has 2 N–H and O–H groups in total. The van der Waals surface area contributed by atoms with Gasteiger partial charge in [-0.2, -0.15) is 0 Å². The van der Waals surface area contributed by atoms with Crippen molar-refractivity contribution in [2.24, 2.45) is 5.41 Å². The van der Waals surface area contributed by atoms with Crippen molar-refractivity contribution in [2.75, 3.05) is 13.7 Å². The summed E-state index contributed by atoms with van der Waals surface area (Å²) in [5, 5.41) is 5.43. The average molecular weight is 313 g/mol. The van der Waals surface area contributed by atoms with Gasteiger partial charge in [-0.05, 0) is 13.3 Å². The molecule has 0 spiro atoms. The van der Waals surface area contributed by atoms with Crippen molar-refractivity contribution in [1.82, 2.24) is 10.6 Å². The zero-order chi connectivity index (χ0) is 14.5. The van der Waals surface area contributed by atoms with Gasteiger partial charge in [-0.15, -0.1) is 12.4 Å². The highest BCUT2D eigenvalue weighted by atomic mass is 35.5. The third-order valence-electron chi connectivity index (χ3n) is 5.02. The van der Waals surface area contributed by atoms with Crippen molar-refractivity contribution in [3.63, 3.8) is 0 Å². The number of amides is 1. The van der Waals surface area contributed by atoms with Crippen LogP contribution in [-0.4, -0.2) is 43.2 Å². The van der Waals surface area contributed by atoms with Crippen LogP contribution in [0.25, 0.3) is 0 Å². The number of methoxy groups -OCH3 is 1. The minimum absolute atomic E-state index is 0. The Morgan fingerprint density at radius 2 is 1.90 bits per heavy atom. The van der Waals surface area contributed by atoms with Gasteiger partial charge < -0.3 is 10.1 Å². The van der Waals surface area contributed by atoms with Crippen LogP contribution in [0.3, 0.4) is 0 Å². The van der Waals surface area contributed by atoms with Crippen LogP contribution in [0, 0.1) is 5.41 Å². The zero-order valence-electron chi connectivity index (χ0n) is 12.3. The summed E-state index contributed by atoms with van der Waals surface area (Å²) in [4.78, 5) is 12.0. The maximum absolute atomic E-state index is 13.1.